The SMILES string of the molecule is CC(=O)N[C@@H]1[C@H](Oc2cc3sc(=O)oc3c(Cl)c2Cl)O[C@H](COC(C)=O)[C@H](OC(C)=O)[C@@H]1OC(C)=O. The smallest absolute Gasteiger partial charge is 0.396 e. The molecule has 12 nitrogen and oxygen atoms in total. The number of benzene rings is 1. The predicted molar refractivity (Wildman–Crippen MR) is 125 cm³/mol. The molecule has 0 unspecified atom stereocenters. The maximum Gasteiger partial charge on any atom is 0.396 e. The first-order chi connectivity index (χ1) is 16.9. The molecule has 0 bridgehead atoms. The van der Waals surface area contributed by atoms with Crippen LogP contribution < -0.4 is 15.0 Å². The van der Waals surface area contributed by atoms with Crippen LogP contribution in [0.1, 0.15) is 27.7 Å². The summed E-state index contributed by atoms with van der Waals surface area (Å²) in [5.74, 6) is -2.76. The third-order valence-electron chi connectivity index (χ3n) is 4.79. The number of rotatable bonds is 7. The molecule has 1 saturated heterocycles. The van der Waals surface area contributed by atoms with E-state index in [0.29, 0.717) is 4.70 Å². The summed E-state index contributed by atoms with van der Waals surface area (Å²) in [6.45, 7) is 4.19. The Morgan fingerprint density at radius 3 is 2.22 bits per heavy atom. The van der Waals surface area contributed by atoms with Gasteiger partial charge in [0, 0.05) is 33.8 Å². The van der Waals surface area contributed by atoms with Crippen molar-refractivity contribution in [3.8, 4) is 5.75 Å². The highest BCUT2D eigenvalue weighted by molar-refractivity contribution is 7.16. The molecule has 2 aromatic rings. The number of carbonyl (C=O) groups is 4. The minimum atomic E-state index is -1.42. The fourth-order valence-electron chi connectivity index (χ4n) is 3.53. The summed E-state index contributed by atoms with van der Waals surface area (Å²) >= 11 is 13.3. The topological polar surface area (TPSA) is 157 Å². The molecule has 3 rings (SSSR count). The minimum Gasteiger partial charge on any atom is -0.463 e. The Balaban J connectivity index is 2.07. The Hall–Kier alpha value is -2.87. The van der Waals surface area contributed by atoms with E-state index in [1.807, 2.05) is 0 Å². The van der Waals surface area contributed by atoms with Crippen LogP contribution in [0.4, 0.5) is 0 Å². The van der Waals surface area contributed by atoms with Crippen LogP contribution in [0, 0.1) is 0 Å². The number of carbonyl (C=O) groups excluding carboxylic acids is 4. The van der Waals surface area contributed by atoms with Crippen LogP contribution in [0.2, 0.25) is 10.0 Å². The van der Waals surface area contributed by atoms with Crippen molar-refractivity contribution in [3.05, 3.63) is 25.8 Å². The van der Waals surface area contributed by atoms with E-state index in [2.05, 4.69) is 5.32 Å². The second-order valence-corrected chi connectivity index (χ2v) is 9.36. The fraction of sp³-hybridized carbons (Fsp3) is 0.476. The largest absolute Gasteiger partial charge is 0.463 e. The average Bonchev–Trinajstić information content (AvgIpc) is 3.13. The van der Waals surface area contributed by atoms with Gasteiger partial charge < -0.3 is 33.4 Å². The van der Waals surface area contributed by atoms with Gasteiger partial charge in [-0.05, 0) is 0 Å². The summed E-state index contributed by atoms with van der Waals surface area (Å²) < 4.78 is 33.0. The monoisotopic (exact) mass is 565 g/mol. The van der Waals surface area contributed by atoms with Crippen LogP contribution in [-0.4, -0.2) is 61.1 Å². The molecule has 196 valence electrons. The van der Waals surface area contributed by atoms with E-state index in [9.17, 15) is 24.0 Å². The van der Waals surface area contributed by atoms with Crippen molar-refractivity contribution in [2.24, 2.45) is 0 Å². The van der Waals surface area contributed by atoms with Gasteiger partial charge in [-0.15, -0.1) is 0 Å². The Bertz CT molecular complexity index is 1240. The van der Waals surface area contributed by atoms with E-state index in [4.69, 9.17) is 51.3 Å². The van der Waals surface area contributed by atoms with Crippen LogP contribution in [0.25, 0.3) is 10.3 Å². The predicted octanol–water partition coefficient (Wildman–Crippen LogP) is 2.20. The van der Waals surface area contributed by atoms with Crippen molar-refractivity contribution in [1.29, 1.82) is 0 Å². The first kappa shape index (κ1) is 27.7. The molecular weight excluding hydrogens is 545 g/mol. The first-order valence-corrected chi connectivity index (χ1v) is 11.9. The Kier molecular flexibility index (Phi) is 8.82. The summed E-state index contributed by atoms with van der Waals surface area (Å²) in [6.07, 6.45) is -5.21. The molecule has 1 aliphatic heterocycles. The van der Waals surface area contributed by atoms with E-state index in [1.54, 1.807) is 0 Å². The van der Waals surface area contributed by atoms with Gasteiger partial charge >= 0.3 is 22.8 Å². The van der Waals surface area contributed by atoms with E-state index in [-0.39, 0.29) is 21.4 Å². The zero-order valence-corrected chi connectivity index (χ0v) is 21.7. The third-order valence-corrected chi connectivity index (χ3v) is 6.39. The molecule has 36 heavy (non-hydrogen) atoms. The lowest BCUT2D eigenvalue weighted by Gasteiger charge is -2.44. The Morgan fingerprint density at radius 2 is 1.64 bits per heavy atom. The second kappa shape index (κ2) is 11.5. The van der Waals surface area contributed by atoms with Gasteiger partial charge in [0.05, 0.1) is 4.70 Å². The summed E-state index contributed by atoms with van der Waals surface area (Å²) in [5, 5.41) is 2.34. The summed E-state index contributed by atoms with van der Waals surface area (Å²) in [5.41, 5.74) is 0.0624. The average molecular weight is 566 g/mol. The molecule has 1 N–H and O–H groups in total. The number of hydrogen-bond acceptors (Lipinski definition) is 12. The van der Waals surface area contributed by atoms with Crippen molar-refractivity contribution in [1.82, 2.24) is 5.32 Å². The van der Waals surface area contributed by atoms with Crippen LogP contribution in [0.3, 0.4) is 0 Å². The maximum absolute atomic E-state index is 12.0. The lowest BCUT2D eigenvalue weighted by molar-refractivity contribution is -0.257. The maximum atomic E-state index is 12.0. The van der Waals surface area contributed by atoms with E-state index >= 15 is 0 Å². The van der Waals surface area contributed by atoms with Crippen LogP contribution in [0.15, 0.2) is 15.3 Å². The Morgan fingerprint density at radius 1 is 1.00 bits per heavy atom. The van der Waals surface area contributed by atoms with Gasteiger partial charge in [-0.2, -0.15) is 0 Å². The molecule has 1 aliphatic rings. The molecule has 2 heterocycles. The number of nitrogens with one attached hydrogen (secondary N) is 1. The zero-order chi connectivity index (χ0) is 26.7. The lowest BCUT2D eigenvalue weighted by Crippen LogP contribution is -2.67. The molecule has 0 aliphatic carbocycles. The molecule has 0 saturated carbocycles. The summed E-state index contributed by atoms with van der Waals surface area (Å²) in [7, 11) is 0. The number of hydrogen-bond donors (Lipinski definition) is 1. The molecule has 1 aromatic heterocycles. The van der Waals surface area contributed by atoms with Crippen LogP contribution in [-0.2, 0) is 38.1 Å². The third kappa shape index (κ3) is 6.46. The Labute approximate surface area is 217 Å². The quantitative estimate of drug-likeness (QED) is 0.387. The summed E-state index contributed by atoms with van der Waals surface area (Å²) in [4.78, 5) is 58.3. The van der Waals surface area contributed by atoms with Gasteiger partial charge in [0.15, 0.2) is 17.8 Å². The van der Waals surface area contributed by atoms with Crippen molar-refractivity contribution >= 4 is 68.6 Å². The standard InChI is InChI=1S/C21H21Cl2NO11S/c1-7(25)24-16-19(32-10(4)28)17(31-9(3)27)12(6-30-8(2)26)34-20(16)33-11-5-13-18(15(23)14(11)22)35-21(29)36-13/h5,12,16-17,19-20H,6H2,1-4H3,(H,24,25)/t12-,16+,17+,19-,20-/m1/s1. The van der Waals surface area contributed by atoms with E-state index in [1.165, 1.54) is 13.0 Å². The molecular formula is C21H21Cl2NO11S. The van der Waals surface area contributed by atoms with E-state index < -0.39 is 66.0 Å². The number of ether oxygens (including phenoxy) is 5. The number of fused-ring (bicyclic) bond motifs is 1. The minimum absolute atomic E-state index is 0.0506. The molecule has 0 spiro atoms. The van der Waals surface area contributed by atoms with E-state index in [0.717, 1.165) is 32.1 Å². The molecule has 1 aromatic carbocycles. The van der Waals surface area contributed by atoms with Crippen molar-refractivity contribution in [3.63, 3.8) is 0 Å². The summed E-state index contributed by atoms with van der Waals surface area (Å²) in [6, 6.07) is 0.158. The molecule has 15 heteroatoms. The van der Waals surface area contributed by atoms with Gasteiger partial charge in [-0.3, -0.25) is 19.2 Å². The van der Waals surface area contributed by atoms with Gasteiger partial charge in [0.25, 0.3) is 0 Å². The normalized spacial score (nSPS) is 23.6. The van der Waals surface area contributed by atoms with Gasteiger partial charge in [-0.25, -0.2) is 4.79 Å². The molecule has 5 atom stereocenters. The zero-order valence-electron chi connectivity index (χ0n) is 19.3. The van der Waals surface area contributed by atoms with Crippen LogP contribution in [0.5, 0.6) is 5.75 Å². The number of halogens is 2. The lowest BCUT2D eigenvalue weighted by atomic mass is 9.96. The van der Waals surface area contributed by atoms with Gasteiger partial charge in [0.2, 0.25) is 12.2 Å². The molecule has 0 radical (unpaired) electrons. The highest BCUT2D eigenvalue weighted by Crippen LogP contribution is 2.41. The molecule has 1 amide bonds. The fourth-order valence-corrected chi connectivity index (χ4v) is 4.71. The van der Waals surface area contributed by atoms with Crippen molar-refractivity contribution in [2.45, 2.75) is 58.3 Å². The highest BCUT2D eigenvalue weighted by atomic mass is 35.5. The van der Waals surface area contributed by atoms with Crippen molar-refractivity contribution in [2.75, 3.05) is 6.61 Å². The van der Waals surface area contributed by atoms with Crippen molar-refractivity contribution < 1.29 is 47.3 Å². The van der Waals surface area contributed by atoms with Crippen LogP contribution >= 0.6 is 34.5 Å². The highest BCUT2D eigenvalue weighted by Gasteiger charge is 2.52. The number of esters is 3. The van der Waals surface area contributed by atoms with Gasteiger partial charge in [0.1, 0.15) is 34.5 Å². The number of amides is 1. The second-order valence-electron chi connectivity index (χ2n) is 7.62. The van der Waals surface area contributed by atoms with Gasteiger partial charge in [-0.1, -0.05) is 34.5 Å². The first-order valence-electron chi connectivity index (χ1n) is 10.4. The molecule has 1 fully saturated rings.